The van der Waals surface area contributed by atoms with Gasteiger partial charge < -0.3 is 15.9 Å². The lowest BCUT2D eigenvalue weighted by Crippen LogP contribution is -2.14. The number of hydrogen-bond acceptors (Lipinski definition) is 3. The molecule has 5 heteroatoms. The van der Waals surface area contributed by atoms with Crippen molar-refractivity contribution in [2.45, 2.75) is 6.04 Å². The average Bonchev–Trinajstić information content (AvgIpc) is 2.10. The highest BCUT2D eigenvalue weighted by Gasteiger charge is 2.13. The Labute approximate surface area is 79.6 Å². The maximum atomic E-state index is 12.7. The van der Waals surface area contributed by atoms with Crippen LogP contribution in [0.15, 0.2) is 12.1 Å². The van der Waals surface area contributed by atoms with Gasteiger partial charge in [-0.3, -0.25) is 0 Å². The molecule has 72 valence electrons. The van der Waals surface area contributed by atoms with E-state index in [1.165, 1.54) is 6.07 Å². The number of aliphatic hydroxyl groups is 1. The predicted molar refractivity (Wildman–Crippen MR) is 47.1 cm³/mol. The summed E-state index contributed by atoms with van der Waals surface area (Å²) in [6.45, 7) is -0.338. The van der Waals surface area contributed by atoms with E-state index < -0.39 is 11.9 Å². The van der Waals surface area contributed by atoms with Gasteiger partial charge >= 0.3 is 0 Å². The standard InChI is InChI=1S/C8H9ClFNO2/c9-5-1-4(7(11)3-12)8(13)2-6(5)10/h1-2,7,12-13H,3,11H2/t7-/m0/s1. The maximum Gasteiger partial charge on any atom is 0.145 e. The second-order valence-electron chi connectivity index (χ2n) is 2.61. The van der Waals surface area contributed by atoms with E-state index in [0.717, 1.165) is 6.07 Å². The summed E-state index contributed by atoms with van der Waals surface area (Å²) in [5.74, 6) is -1.02. The Hall–Kier alpha value is -0.840. The van der Waals surface area contributed by atoms with Crippen LogP contribution in [-0.2, 0) is 0 Å². The molecule has 0 fully saturated rings. The van der Waals surface area contributed by atoms with Gasteiger partial charge in [0.2, 0.25) is 0 Å². The molecule has 0 unspecified atom stereocenters. The van der Waals surface area contributed by atoms with Crippen LogP contribution >= 0.6 is 11.6 Å². The quantitative estimate of drug-likeness (QED) is 0.679. The van der Waals surface area contributed by atoms with Crippen molar-refractivity contribution in [3.63, 3.8) is 0 Å². The number of benzene rings is 1. The monoisotopic (exact) mass is 205 g/mol. The highest BCUT2D eigenvalue weighted by Crippen LogP contribution is 2.28. The van der Waals surface area contributed by atoms with E-state index in [4.69, 9.17) is 22.4 Å². The Morgan fingerprint density at radius 2 is 2.15 bits per heavy atom. The normalized spacial score (nSPS) is 12.9. The lowest BCUT2D eigenvalue weighted by atomic mass is 10.1. The van der Waals surface area contributed by atoms with Crippen molar-refractivity contribution in [3.8, 4) is 5.75 Å². The molecule has 0 aromatic heterocycles. The summed E-state index contributed by atoms with van der Waals surface area (Å²) in [5, 5.41) is 17.8. The summed E-state index contributed by atoms with van der Waals surface area (Å²) in [4.78, 5) is 0. The minimum atomic E-state index is -0.752. The average molecular weight is 206 g/mol. The SMILES string of the molecule is N[C@@H](CO)c1cc(Cl)c(F)cc1O. The fraction of sp³-hybridized carbons (Fsp3) is 0.250. The van der Waals surface area contributed by atoms with Crippen molar-refractivity contribution in [1.29, 1.82) is 0 Å². The summed E-state index contributed by atoms with van der Waals surface area (Å²) in [6.07, 6.45) is 0. The molecule has 0 bridgehead atoms. The number of hydrogen-bond donors (Lipinski definition) is 3. The predicted octanol–water partition coefficient (Wildman–Crippen LogP) is 1.18. The van der Waals surface area contributed by atoms with Crippen LogP contribution in [0.4, 0.5) is 4.39 Å². The van der Waals surface area contributed by atoms with Crippen LogP contribution in [0.3, 0.4) is 0 Å². The zero-order valence-corrected chi connectivity index (χ0v) is 7.42. The molecule has 1 aromatic carbocycles. The fourth-order valence-electron chi connectivity index (χ4n) is 0.947. The van der Waals surface area contributed by atoms with Gasteiger partial charge in [-0.15, -0.1) is 0 Å². The van der Waals surface area contributed by atoms with Gasteiger partial charge in [0.15, 0.2) is 0 Å². The van der Waals surface area contributed by atoms with E-state index >= 15 is 0 Å². The van der Waals surface area contributed by atoms with E-state index in [-0.39, 0.29) is 22.9 Å². The summed E-state index contributed by atoms with van der Waals surface area (Å²) in [5.41, 5.74) is 5.65. The van der Waals surface area contributed by atoms with E-state index in [0.29, 0.717) is 0 Å². The molecule has 13 heavy (non-hydrogen) atoms. The molecule has 0 saturated heterocycles. The number of halogens is 2. The van der Waals surface area contributed by atoms with Crippen LogP contribution in [0.2, 0.25) is 5.02 Å². The highest BCUT2D eigenvalue weighted by molar-refractivity contribution is 6.30. The Morgan fingerprint density at radius 3 is 2.69 bits per heavy atom. The topological polar surface area (TPSA) is 66.5 Å². The van der Waals surface area contributed by atoms with Gasteiger partial charge in [-0.1, -0.05) is 11.6 Å². The van der Waals surface area contributed by atoms with E-state index in [9.17, 15) is 9.50 Å². The molecule has 0 spiro atoms. The van der Waals surface area contributed by atoms with Crippen molar-refractivity contribution in [2.75, 3.05) is 6.61 Å². The first kappa shape index (κ1) is 10.2. The van der Waals surface area contributed by atoms with Crippen LogP contribution in [-0.4, -0.2) is 16.8 Å². The third kappa shape index (κ3) is 2.09. The first-order chi connectivity index (χ1) is 6.06. The van der Waals surface area contributed by atoms with Crippen LogP contribution in [0, 0.1) is 5.82 Å². The Kier molecular flexibility index (Phi) is 3.08. The number of aliphatic hydroxyl groups excluding tert-OH is 1. The molecule has 0 aliphatic heterocycles. The molecule has 1 aromatic rings. The van der Waals surface area contributed by atoms with Crippen LogP contribution in [0.25, 0.3) is 0 Å². The first-order valence-corrected chi connectivity index (χ1v) is 3.98. The Balaban J connectivity index is 3.15. The fourth-order valence-corrected chi connectivity index (χ4v) is 1.12. The molecule has 0 aliphatic rings. The van der Waals surface area contributed by atoms with Gasteiger partial charge in [0, 0.05) is 11.6 Å². The summed E-state index contributed by atoms with van der Waals surface area (Å²) >= 11 is 5.46. The lowest BCUT2D eigenvalue weighted by molar-refractivity contribution is 0.265. The van der Waals surface area contributed by atoms with Crippen molar-refractivity contribution < 1.29 is 14.6 Å². The molecule has 0 amide bonds. The van der Waals surface area contributed by atoms with E-state index in [1.54, 1.807) is 0 Å². The zero-order valence-electron chi connectivity index (χ0n) is 6.67. The highest BCUT2D eigenvalue weighted by atomic mass is 35.5. The second kappa shape index (κ2) is 3.91. The summed E-state index contributed by atoms with van der Waals surface area (Å²) in [6, 6.07) is 1.32. The Bertz CT molecular complexity index is 319. The molecule has 4 N–H and O–H groups in total. The van der Waals surface area contributed by atoms with E-state index in [2.05, 4.69) is 0 Å². The second-order valence-corrected chi connectivity index (χ2v) is 3.02. The first-order valence-electron chi connectivity index (χ1n) is 3.60. The largest absolute Gasteiger partial charge is 0.507 e. The number of nitrogens with two attached hydrogens (primary N) is 1. The van der Waals surface area contributed by atoms with Gasteiger partial charge in [-0.05, 0) is 6.07 Å². The van der Waals surface area contributed by atoms with Crippen molar-refractivity contribution >= 4 is 11.6 Å². The molecule has 0 radical (unpaired) electrons. The van der Waals surface area contributed by atoms with Gasteiger partial charge in [0.1, 0.15) is 11.6 Å². The summed E-state index contributed by atoms with van der Waals surface area (Å²) < 4.78 is 12.7. The van der Waals surface area contributed by atoms with Crippen LogP contribution in [0.1, 0.15) is 11.6 Å². The third-order valence-corrected chi connectivity index (χ3v) is 1.96. The van der Waals surface area contributed by atoms with Gasteiger partial charge in [0.25, 0.3) is 0 Å². The Morgan fingerprint density at radius 1 is 1.54 bits per heavy atom. The molecule has 1 atom stereocenters. The van der Waals surface area contributed by atoms with Gasteiger partial charge in [-0.25, -0.2) is 4.39 Å². The molecule has 1 rings (SSSR count). The zero-order chi connectivity index (χ0) is 10.0. The van der Waals surface area contributed by atoms with Crippen LogP contribution in [0.5, 0.6) is 5.75 Å². The van der Waals surface area contributed by atoms with Crippen molar-refractivity contribution in [1.82, 2.24) is 0 Å². The minimum Gasteiger partial charge on any atom is -0.507 e. The molecule has 0 aliphatic carbocycles. The molecule has 0 saturated carbocycles. The molecular formula is C8H9ClFNO2. The molecular weight excluding hydrogens is 197 g/mol. The number of phenolic OH excluding ortho intramolecular Hbond substituents is 1. The smallest absolute Gasteiger partial charge is 0.145 e. The number of phenols is 1. The molecule has 3 nitrogen and oxygen atoms in total. The van der Waals surface area contributed by atoms with Crippen molar-refractivity contribution in [3.05, 3.63) is 28.5 Å². The third-order valence-electron chi connectivity index (χ3n) is 1.67. The minimum absolute atomic E-state index is 0.128. The van der Waals surface area contributed by atoms with Gasteiger partial charge in [-0.2, -0.15) is 0 Å². The summed E-state index contributed by atoms with van der Waals surface area (Å²) in [7, 11) is 0. The van der Waals surface area contributed by atoms with E-state index in [1.807, 2.05) is 0 Å². The lowest BCUT2D eigenvalue weighted by Gasteiger charge is -2.11. The number of rotatable bonds is 2. The van der Waals surface area contributed by atoms with Gasteiger partial charge in [0.05, 0.1) is 17.7 Å². The maximum absolute atomic E-state index is 12.7. The molecule has 0 heterocycles. The van der Waals surface area contributed by atoms with Crippen molar-refractivity contribution in [2.24, 2.45) is 5.73 Å². The number of aromatic hydroxyl groups is 1. The van der Waals surface area contributed by atoms with Crippen LogP contribution < -0.4 is 5.73 Å².